The molecule has 0 spiro atoms. The van der Waals surface area contributed by atoms with Gasteiger partial charge in [0.15, 0.2) is 0 Å². The summed E-state index contributed by atoms with van der Waals surface area (Å²) in [6, 6.07) is 18.5. The Balaban J connectivity index is 2.03. The van der Waals surface area contributed by atoms with E-state index in [0.29, 0.717) is 5.65 Å². The van der Waals surface area contributed by atoms with Gasteiger partial charge in [-0.2, -0.15) is 0 Å². The van der Waals surface area contributed by atoms with Crippen LogP contribution in [-0.2, 0) is 0 Å². The van der Waals surface area contributed by atoms with Crippen molar-refractivity contribution in [2.45, 2.75) is 0 Å². The molecule has 0 fully saturated rings. The second-order valence-corrected chi connectivity index (χ2v) is 8.19. The van der Waals surface area contributed by atoms with Crippen molar-refractivity contribution in [2.75, 3.05) is 0 Å². The molecule has 0 bridgehead atoms. The Bertz CT molecular complexity index is 1080. The molecular formula is C19H10AsBr2N3. The van der Waals surface area contributed by atoms with E-state index in [9.17, 15) is 0 Å². The second kappa shape index (κ2) is 6.99. The Labute approximate surface area is 170 Å². The fourth-order valence-electron chi connectivity index (χ4n) is 2.70. The van der Waals surface area contributed by atoms with Gasteiger partial charge in [-0.1, -0.05) is 0 Å². The van der Waals surface area contributed by atoms with Crippen molar-refractivity contribution in [1.29, 1.82) is 0 Å². The summed E-state index contributed by atoms with van der Waals surface area (Å²) in [5.41, 5.74) is 4.80. The summed E-state index contributed by atoms with van der Waals surface area (Å²) in [6.45, 7) is 0. The predicted octanol–water partition coefficient (Wildman–Crippen LogP) is 4.68. The van der Waals surface area contributed by atoms with Gasteiger partial charge in [-0.3, -0.25) is 0 Å². The zero-order valence-corrected chi connectivity index (χ0v) is 17.9. The summed E-state index contributed by atoms with van der Waals surface area (Å²) in [5, 5.41) is 0.960. The Kier molecular flexibility index (Phi) is 4.72. The van der Waals surface area contributed by atoms with E-state index in [0.717, 1.165) is 41.2 Å². The summed E-state index contributed by atoms with van der Waals surface area (Å²) in [5.74, 6) is 0. The number of hydrogen-bond donors (Lipinski definition) is 0. The van der Waals surface area contributed by atoms with E-state index < -0.39 is 0 Å². The number of halogens is 2. The third kappa shape index (κ3) is 3.41. The molecular weight excluding hydrogens is 505 g/mol. The Morgan fingerprint density at radius 2 is 1.60 bits per heavy atom. The van der Waals surface area contributed by atoms with Crippen molar-refractivity contribution < 1.29 is 0 Å². The number of pyridine rings is 1. The first-order valence-corrected chi connectivity index (χ1v) is 10.0. The van der Waals surface area contributed by atoms with Crippen LogP contribution in [-0.4, -0.2) is 31.8 Å². The molecule has 3 nitrogen and oxygen atoms in total. The minimum absolute atomic E-state index is 0.695. The first-order chi connectivity index (χ1) is 12.1. The molecule has 0 N–H and O–H groups in total. The van der Waals surface area contributed by atoms with Crippen molar-refractivity contribution in [3.8, 4) is 22.4 Å². The van der Waals surface area contributed by atoms with Crippen molar-refractivity contribution >= 4 is 64.2 Å². The molecule has 4 aromatic rings. The van der Waals surface area contributed by atoms with E-state index in [2.05, 4.69) is 76.9 Å². The predicted molar refractivity (Wildman–Crippen MR) is 109 cm³/mol. The Hall–Kier alpha value is -1.55. The standard InChI is InChI=1S/C19H10AsBr2N3/c20-18-17-15(12-2-1-3-14(22)8-12)9-16(25-19(17)24-10-23-18)11-4-6-13(21)7-5-11/h1-10H. The number of aromatic nitrogens is 3. The van der Waals surface area contributed by atoms with Crippen LogP contribution in [0.3, 0.4) is 0 Å². The molecule has 2 aromatic carbocycles. The SMILES string of the molecule is [As]c1ncnc2nc(-c3ccc(Br)cc3)cc(-c3cccc(Br)c3)c12. The molecule has 0 aliphatic carbocycles. The molecule has 25 heavy (non-hydrogen) atoms. The minimum atomic E-state index is 0.695. The monoisotopic (exact) mass is 513 g/mol. The molecule has 2 aromatic heterocycles. The van der Waals surface area contributed by atoms with Gasteiger partial charge < -0.3 is 0 Å². The fraction of sp³-hybridized carbons (Fsp3) is 0. The molecule has 4 rings (SSSR count). The quantitative estimate of drug-likeness (QED) is 0.365. The summed E-state index contributed by atoms with van der Waals surface area (Å²) in [6.07, 6.45) is 1.55. The summed E-state index contributed by atoms with van der Waals surface area (Å²) in [4.78, 5) is 13.5. The van der Waals surface area contributed by atoms with E-state index in [4.69, 9.17) is 4.98 Å². The summed E-state index contributed by atoms with van der Waals surface area (Å²) in [7, 11) is 0. The molecule has 0 aliphatic rings. The van der Waals surface area contributed by atoms with Gasteiger partial charge in [0, 0.05) is 0 Å². The third-order valence-corrected chi connectivity index (χ3v) is 5.59. The van der Waals surface area contributed by atoms with Gasteiger partial charge in [-0.05, 0) is 0 Å². The van der Waals surface area contributed by atoms with E-state index >= 15 is 0 Å². The third-order valence-electron chi connectivity index (χ3n) is 3.86. The molecule has 6 heteroatoms. The molecule has 2 heterocycles. The van der Waals surface area contributed by atoms with Crippen LogP contribution >= 0.6 is 31.9 Å². The van der Waals surface area contributed by atoms with Crippen LogP contribution in [0.1, 0.15) is 0 Å². The van der Waals surface area contributed by atoms with E-state index in [1.807, 2.05) is 36.4 Å². The van der Waals surface area contributed by atoms with Gasteiger partial charge in [-0.15, -0.1) is 0 Å². The molecule has 0 atom stereocenters. The van der Waals surface area contributed by atoms with Crippen LogP contribution in [0, 0.1) is 0 Å². The van der Waals surface area contributed by atoms with Crippen LogP contribution in [0.15, 0.2) is 69.9 Å². The van der Waals surface area contributed by atoms with Crippen molar-refractivity contribution in [1.82, 2.24) is 15.0 Å². The van der Waals surface area contributed by atoms with Crippen LogP contribution in [0.4, 0.5) is 0 Å². The van der Waals surface area contributed by atoms with Crippen molar-refractivity contribution in [3.63, 3.8) is 0 Å². The molecule has 0 aliphatic heterocycles. The molecule has 120 valence electrons. The maximum absolute atomic E-state index is 4.76. The van der Waals surface area contributed by atoms with Crippen LogP contribution in [0.25, 0.3) is 33.4 Å². The van der Waals surface area contributed by atoms with Crippen LogP contribution < -0.4 is 4.48 Å². The van der Waals surface area contributed by atoms with E-state index in [1.165, 1.54) is 0 Å². The number of hydrogen-bond acceptors (Lipinski definition) is 3. The number of fused-ring (bicyclic) bond motifs is 1. The van der Waals surface area contributed by atoms with Gasteiger partial charge in [-0.25, -0.2) is 0 Å². The van der Waals surface area contributed by atoms with Gasteiger partial charge in [0.25, 0.3) is 0 Å². The van der Waals surface area contributed by atoms with E-state index in [1.54, 1.807) is 6.33 Å². The van der Waals surface area contributed by atoms with Crippen LogP contribution in [0.2, 0.25) is 0 Å². The zero-order valence-electron chi connectivity index (χ0n) is 12.8. The maximum atomic E-state index is 4.76. The first-order valence-electron chi connectivity index (χ1n) is 7.48. The first kappa shape index (κ1) is 16.9. The summed E-state index contributed by atoms with van der Waals surface area (Å²) >= 11 is 9.55. The molecule has 0 amide bonds. The van der Waals surface area contributed by atoms with Crippen LogP contribution in [0.5, 0.6) is 0 Å². The van der Waals surface area contributed by atoms with Gasteiger partial charge in [0.1, 0.15) is 0 Å². The Morgan fingerprint density at radius 1 is 0.800 bits per heavy atom. The average molecular weight is 515 g/mol. The van der Waals surface area contributed by atoms with Crippen molar-refractivity contribution in [2.24, 2.45) is 0 Å². The zero-order chi connectivity index (χ0) is 17.4. The van der Waals surface area contributed by atoms with Gasteiger partial charge >= 0.3 is 171 Å². The topological polar surface area (TPSA) is 38.7 Å². The normalized spacial score (nSPS) is 11.0. The number of rotatable bonds is 2. The van der Waals surface area contributed by atoms with Gasteiger partial charge in [0.2, 0.25) is 0 Å². The average Bonchev–Trinajstić information content (AvgIpc) is 2.61. The molecule has 0 saturated heterocycles. The fourth-order valence-corrected chi connectivity index (χ4v) is 3.93. The summed E-state index contributed by atoms with van der Waals surface area (Å²) < 4.78 is 2.94. The number of benzene rings is 2. The van der Waals surface area contributed by atoms with Crippen molar-refractivity contribution in [3.05, 3.63) is 69.9 Å². The van der Waals surface area contributed by atoms with Gasteiger partial charge in [0.05, 0.1) is 0 Å². The molecule has 0 unspecified atom stereocenters. The molecule has 0 saturated carbocycles. The van der Waals surface area contributed by atoms with E-state index in [-0.39, 0.29) is 0 Å². The molecule has 2 radical (unpaired) electrons. The second-order valence-electron chi connectivity index (χ2n) is 5.47. The number of nitrogens with zero attached hydrogens (tertiary/aromatic N) is 3. The Morgan fingerprint density at radius 3 is 2.36 bits per heavy atom.